The molecule has 3 aromatic rings. The van der Waals surface area contributed by atoms with E-state index in [9.17, 15) is 14.0 Å². The van der Waals surface area contributed by atoms with Crippen molar-refractivity contribution in [3.8, 4) is 11.3 Å². The average molecular weight is 409 g/mol. The molecule has 1 aromatic carbocycles. The smallest absolute Gasteiger partial charge is 0.265 e. The molecule has 122 valence electrons. The van der Waals surface area contributed by atoms with Gasteiger partial charge in [0, 0.05) is 21.6 Å². The average Bonchev–Trinajstić information content (AvgIpc) is 3.15. The Bertz CT molecular complexity index is 937. The van der Waals surface area contributed by atoms with Crippen LogP contribution in [0.1, 0.15) is 20.8 Å². The van der Waals surface area contributed by atoms with Crippen LogP contribution in [0.2, 0.25) is 0 Å². The fourth-order valence-corrected chi connectivity index (χ4v) is 3.03. The van der Waals surface area contributed by atoms with E-state index in [2.05, 4.69) is 31.2 Å². The summed E-state index contributed by atoms with van der Waals surface area (Å²) in [5.74, 6) is -1.79. The lowest BCUT2D eigenvalue weighted by molar-refractivity contribution is 0.0993. The molecule has 2 aromatic heterocycles. The maximum atomic E-state index is 13.8. The molecular formula is C15H10BrFN4O2S. The number of halogens is 2. The van der Waals surface area contributed by atoms with Crippen LogP contribution < -0.4 is 11.1 Å². The summed E-state index contributed by atoms with van der Waals surface area (Å²) >= 11 is 4.32. The lowest BCUT2D eigenvalue weighted by Gasteiger charge is -2.03. The Kier molecular flexibility index (Phi) is 4.45. The molecule has 3 rings (SSSR count). The lowest BCUT2D eigenvalue weighted by Crippen LogP contribution is -2.13. The highest BCUT2D eigenvalue weighted by Gasteiger charge is 2.15. The third kappa shape index (κ3) is 3.36. The second-order valence-electron chi connectivity index (χ2n) is 4.78. The molecule has 0 atom stereocenters. The van der Waals surface area contributed by atoms with Crippen molar-refractivity contribution in [3.05, 3.63) is 57.4 Å². The van der Waals surface area contributed by atoms with Crippen LogP contribution >= 0.6 is 27.3 Å². The SMILES string of the molecule is NC(=O)c1cc(-c2csc(NC(=O)c3ccc(Br)cc3F)n2)c[nH]1. The largest absolute Gasteiger partial charge is 0.364 e. The minimum Gasteiger partial charge on any atom is -0.364 e. The van der Waals surface area contributed by atoms with Crippen LogP contribution in [-0.2, 0) is 0 Å². The summed E-state index contributed by atoms with van der Waals surface area (Å²) in [4.78, 5) is 30.2. The molecule has 0 spiro atoms. The Morgan fingerprint density at radius 3 is 2.79 bits per heavy atom. The number of aromatic amines is 1. The number of nitrogens with zero attached hydrogens (tertiary/aromatic N) is 1. The number of nitrogens with one attached hydrogen (secondary N) is 2. The normalized spacial score (nSPS) is 10.6. The van der Waals surface area contributed by atoms with E-state index < -0.39 is 17.6 Å². The minimum atomic E-state index is -0.629. The van der Waals surface area contributed by atoms with E-state index in [1.54, 1.807) is 23.7 Å². The van der Waals surface area contributed by atoms with E-state index in [0.29, 0.717) is 20.9 Å². The molecule has 0 unspecified atom stereocenters. The van der Waals surface area contributed by atoms with Gasteiger partial charge in [0.2, 0.25) is 0 Å². The van der Waals surface area contributed by atoms with Crippen LogP contribution in [0.5, 0.6) is 0 Å². The van der Waals surface area contributed by atoms with E-state index in [1.807, 2.05) is 0 Å². The van der Waals surface area contributed by atoms with Crippen molar-refractivity contribution >= 4 is 44.2 Å². The standard InChI is InChI=1S/C15H10BrFN4O2S/c16-8-1-2-9(10(17)4-8)14(23)21-15-20-12(6-24-15)7-3-11(13(18)22)19-5-7/h1-6,19H,(H2,18,22)(H,20,21,23). The highest BCUT2D eigenvalue weighted by Crippen LogP contribution is 2.26. The van der Waals surface area contributed by atoms with E-state index >= 15 is 0 Å². The van der Waals surface area contributed by atoms with Gasteiger partial charge in [-0.1, -0.05) is 15.9 Å². The van der Waals surface area contributed by atoms with Gasteiger partial charge in [0.05, 0.1) is 11.3 Å². The maximum absolute atomic E-state index is 13.8. The van der Waals surface area contributed by atoms with E-state index in [-0.39, 0.29) is 11.3 Å². The van der Waals surface area contributed by atoms with Gasteiger partial charge in [-0.3, -0.25) is 14.9 Å². The highest BCUT2D eigenvalue weighted by atomic mass is 79.9. The molecular weight excluding hydrogens is 399 g/mol. The first-order valence-corrected chi connectivity index (χ1v) is 8.32. The molecule has 4 N–H and O–H groups in total. The number of H-pyrrole nitrogens is 1. The molecule has 0 saturated heterocycles. The second-order valence-corrected chi connectivity index (χ2v) is 6.56. The summed E-state index contributed by atoms with van der Waals surface area (Å²) in [5, 5.41) is 4.58. The number of nitrogens with two attached hydrogens (primary N) is 1. The van der Waals surface area contributed by atoms with Gasteiger partial charge in [-0.05, 0) is 24.3 Å². The Morgan fingerprint density at radius 1 is 1.33 bits per heavy atom. The number of hydrogen-bond acceptors (Lipinski definition) is 4. The first-order chi connectivity index (χ1) is 11.4. The van der Waals surface area contributed by atoms with Gasteiger partial charge in [0.15, 0.2) is 5.13 Å². The number of aromatic nitrogens is 2. The number of carbonyl (C=O) groups is 2. The minimum absolute atomic E-state index is 0.0763. The zero-order valence-corrected chi connectivity index (χ0v) is 14.4. The number of hydrogen-bond donors (Lipinski definition) is 3. The molecule has 0 saturated carbocycles. The summed E-state index contributed by atoms with van der Waals surface area (Å²) in [7, 11) is 0. The quantitative estimate of drug-likeness (QED) is 0.616. The van der Waals surface area contributed by atoms with Crippen LogP contribution in [0, 0.1) is 5.82 Å². The van der Waals surface area contributed by atoms with Gasteiger partial charge in [0.25, 0.3) is 11.8 Å². The Morgan fingerprint density at radius 2 is 2.12 bits per heavy atom. The third-order valence-corrected chi connectivity index (χ3v) is 4.40. The maximum Gasteiger partial charge on any atom is 0.265 e. The Hall–Kier alpha value is -2.52. The molecule has 0 bridgehead atoms. The number of benzene rings is 1. The fraction of sp³-hybridized carbons (Fsp3) is 0. The molecule has 9 heteroatoms. The molecule has 24 heavy (non-hydrogen) atoms. The van der Waals surface area contributed by atoms with Gasteiger partial charge >= 0.3 is 0 Å². The second kappa shape index (κ2) is 6.54. The lowest BCUT2D eigenvalue weighted by atomic mass is 10.2. The highest BCUT2D eigenvalue weighted by molar-refractivity contribution is 9.10. The molecule has 2 amide bonds. The number of thiazole rings is 1. The summed E-state index contributed by atoms with van der Waals surface area (Å²) in [6, 6.07) is 5.75. The van der Waals surface area contributed by atoms with Crippen molar-refractivity contribution in [2.75, 3.05) is 5.32 Å². The van der Waals surface area contributed by atoms with Crippen molar-refractivity contribution in [2.45, 2.75) is 0 Å². The molecule has 0 aliphatic heterocycles. The predicted molar refractivity (Wildman–Crippen MR) is 92.5 cm³/mol. The summed E-state index contributed by atoms with van der Waals surface area (Å²) in [5.41, 5.74) is 6.60. The van der Waals surface area contributed by atoms with E-state index in [1.165, 1.54) is 23.5 Å². The van der Waals surface area contributed by atoms with Crippen molar-refractivity contribution in [1.82, 2.24) is 9.97 Å². The first kappa shape index (κ1) is 16.3. The Balaban J connectivity index is 1.78. The van der Waals surface area contributed by atoms with Crippen molar-refractivity contribution < 1.29 is 14.0 Å². The number of anilines is 1. The Labute approximate surface area is 148 Å². The van der Waals surface area contributed by atoms with Gasteiger partial charge in [-0.25, -0.2) is 9.37 Å². The first-order valence-electron chi connectivity index (χ1n) is 6.64. The van der Waals surface area contributed by atoms with E-state index in [0.717, 1.165) is 0 Å². The van der Waals surface area contributed by atoms with Crippen molar-refractivity contribution in [1.29, 1.82) is 0 Å². The monoisotopic (exact) mass is 408 g/mol. The van der Waals surface area contributed by atoms with Crippen LogP contribution in [0.25, 0.3) is 11.3 Å². The predicted octanol–water partition coefficient (Wildman–Crippen LogP) is 3.39. The molecule has 0 fully saturated rings. The number of rotatable bonds is 4. The topological polar surface area (TPSA) is 101 Å². The van der Waals surface area contributed by atoms with Gasteiger partial charge < -0.3 is 10.7 Å². The number of carbonyl (C=O) groups excluding carboxylic acids is 2. The molecule has 2 heterocycles. The zero-order valence-electron chi connectivity index (χ0n) is 12.0. The fourth-order valence-electron chi connectivity index (χ4n) is 1.99. The van der Waals surface area contributed by atoms with Gasteiger partial charge in [0.1, 0.15) is 11.5 Å². The number of primary amides is 1. The van der Waals surface area contributed by atoms with Gasteiger partial charge in [-0.15, -0.1) is 11.3 Å². The summed E-state index contributed by atoms with van der Waals surface area (Å²) in [6.07, 6.45) is 1.59. The van der Waals surface area contributed by atoms with Crippen molar-refractivity contribution in [2.24, 2.45) is 5.73 Å². The molecule has 6 nitrogen and oxygen atoms in total. The molecule has 0 aliphatic carbocycles. The van der Waals surface area contributed by atoms with Crippen LogP contribution in [0.4, 0.5) is 9.52 Å². The molecule has 0 aliphatic rings. The van der Waals surface area contributed by atoms with Crippen LogP contribution in [-0.4, -0.2) is 21.8 Å². The van der Waals surface area contributed by atoms with Crippen molar-refractivity contribution in [3.63, 3.8) is 0 Å². The summed E-state index contributed by atoms with van der Waals surface area (Å²) < 4.78 is 14.3. The van der Waals surface area contributed by atoms with Crippen LogP contribution in [0.3, 0.4) is 0 Å². The molecule has 0 radical (unpaired) electrons. The summed E-state index contributed by atoms with van der Waals surface area (Å²) in [6.45, 7) is 0. The third-order valence-electron chi connectivity index (χ3n) is 3.14. The van der Waals surface area contributed by atoms with Gasteiger partial charge in [-0.2, -0.15) is 0 Å². The zero-order chi connectivity index (χ0) is 17.3. The van der Waals surface area contributed by atoms with Crippen LogP contribution in [0.15, 0.2) is 40.3 Å². The van der Waals surface area contributed by atoms with E-state index in [4.69, 9.17) is 5.73 Å². The number of amides is 2.